The highest BCUT2D eigenvalue weighted by atomic mass is 35.5. The molecule has 0 saturated heterocycles. The first-order valence-electron chi connectivity index (χ1n) is 10.6. The summed E-state index contributed by atoms with van der Waals surface area (Å²) in [7, 11) is -3.94. The van der Waals surface area contributed by atoms with Crippen molar-refractivity contribution in [1.82, 2.24) is 10.2 Å². The third-order valence-electron chi connectivity index (χ3n) is 5.28. The Kier molecular flexibility index (Phi) is 9.73. The van der Waals surface area contributed by atoms with Gasteiger partial charge in [-0.05, 0) is 56.2 Å². The van der Waals surface area contributed by atoms with E-state index in [2.05, 4.69) is 5.32 Å². The lowest BCUT2D eigenvalue weighted by atomic mass is 10.1. The van der Waals surface area contributed by atoms with E-state index in [9.17, 15) is 22.4 Å². The molecule has 0 spiro atoms. The Morgan fingerprint density at radius 2 is 1.76 bits per heavy atom. The van der Waals surface area contributed by atoms with Gasteiger partial charge < -0.3 is 10.2 Å². The summed E-state index contributed by atoms with van der Waals surface area (Å²) >= 11 is 12.1. The fourth-order valence-corrected chi connectivity index (χ4v) is 4.29. The van der Waals surface area contributed by atoms with Gasteiger partial charge >= 0.3 is 0 Å². The lowest BCUT2D eigenvalue weighted by Gasteiger charge is -2.32. The smallest absolute Gasteiger partial charge is 0.244 e. The van der Waals surface area contributed by atoms with Gasteiger partial charge in [0.15, 0.2) is 0 Å². The standard InChI is InChI=1S/C23H28Cl2FN3O4S/c1-5-15(2)27-23(31)16(3)28(13-17-9-10-20(24)21(25)11-17)22(30)14-29(34(4,32)33)19-8-6-7-18(26)12-19/h6-12,15-16H,5,13-14H2,1-4H3,(H,27,31). The summed E-state index contributed by atoms with van der Waals surface area (Å²) < 4.78 is 39.5. The largest absolute Gasteiger partial charge is 0.352 e. The summed E-state index contributed by atoms with van der Waals surface area (Å²) in [4.78, 5) is 27.5. The molecule has 7 nitrogen and oxygen atoms in total. The van der Waals surface area contributed by atoms with Gasteiger partial charge in [0.25, 0.3) is 0 Å². The predicted molar refractivity (Wildman–Crippen MR) is 133 cm³/mol. The Balaban J connectivity index is 2.41. The molecule has 186 valence electrons. The van der Waals surface area contributed by atoms with Crippen LogP contribution in [-0.2, 0) is 26.2 Å². The Morgan fingerprint density at radius 3 is 2.32 bits per heavy atom. The number of rotatable bonds is 10. The molecule has 1 N–H and O–H groups in total. The van der Waals surface area contributed by atoms with Crippen LogP contribution in [0.4, 0.5) is 10.1 Å². The maximum Gasteiger partial charge on any atom is 0.244 e. The monoisotopic (exact) mass is 531 g/mol. The molecule has 0 aliphatic rings. The van der Waals surface area contributed by atoms with E-state index in [1.165, 1.54) is 23.1 Å². The van der Waals surface area contributed by atoms with Crippen LogP contribution in [0.1, 0.15) is 32.8 Å². The van der Waals surface area contributed by atoms with E-state index < -0.39 is 34.3 Å². The van der Waals surface area contributed by atoms with Crippen molar-refractivity contribution in [3.8, 4) is 0 Å². The number of nitrogens with zero attached hydrogens (tertiary/aromatic N) is 2. The second kappa shape index (κ2) is 11.9. The van der Waals surface area contributed by atoms with Crippen LogP contribution in [-0.4, -0.2) is 50.0 Å². The number of hydrogen-bond acceptors (Lipinski definition) is 4. The molecule has 0 aliphatic heterocycles. The zero-order chi connectivity index (χ0) is 25.6. The molecule has 34 heavy (non-hydrogen) atoms. The van der Waals surface area contributed by atoms with Gasteiger partial charge in [0.1, 0.15) is 18.4 Å². The SMILES string of the molecule is CCC(C)NC(=O)C(C)N(Cc1ccc(Cl)c(Cl)c1)C(=O)CN(c1cccc(F)c1)S(C)(=O)=O. The van der Waals surface area contributed by atoms with Gasteiger partial charge in [-0.25, -0.2) is 12.8 Å². The number of nitrogens with one attached hydrogen (secondary N) is 1. The first-order chi connectivity index (χ1) is 15.8. The van der Waals surface area contributed by atoms with Crippen molar-refractivity contribution in [3.05, 3.63) is 63.9 Å². The molecule has 2 rings (SSSR count). The third-order valence-corrected chi connectivity index (χ3v) is 7.16. The average molecular weight is 532 g/mol. The van der Waals surface area contributed by atoms with Crippen molar-refractivity contribution >= 4 is 50.7 Å². The van der Waals surface area contributed by atoms with Crippen LogP contribution in [0.3, 0.4) is 0 Å². The highest BCUT2D eigenvalue weighted by Gasteiger charge is 2.30. The van der Waals surface area contributed by atoms with E-state index in [1.54, 1.807) is 25.1 Å². The molecule has 2 aromatic rings. The van der Waals surface area contributed by atoms with Crippen LogP contribution in [0.25, 0.3) is 0 Å². The number of hydrogen-bond donors (Lipinski definition) is 1. The topological polar surface area (TPSA) is 86.8 Å². The van der Waals surface area contributed by atoms with E-state index >= 15 is 0 Å². The number of amides is 2. The molecule has 0 aromatic heterocycles. The predicted octanol–water partition coefficient (Wildman–Crippen LogP) is 4.23. The van der Waals surface area contributed by atoms with Crippen molar-refractivity contribution < 1.29 is 22.4 Å². The summed E-state index contributed by atoms with van der Waals surface area (Å²) in [6.45, 7) is 4.67. The zero-order valence-electron chi connectivity index (χ0n) is 19.4. The summed E-state index contributed by atoms with van der Waals surface area (Å²) in [6, 6.07) is 8.70. The quantitative estimate of drug-likeness (QED) is 0.496. The first-order valence-corrected chi connectivity index (χ1v) is 13.2. The van der Waals surface area contributed by atoms with Gasteiger partial charge in [-0.3, -0.25) is 13.9 Å². The summed E-state index contributed by atoms with van der Waals surface area (Å²) in [6.07, 6.45) is 1.62. The van der Waals surface area contributed by atoms with Crippen molar-refractivity contribution in [1.29, 1.82) is 0 Å². The molecule has 0 fully saturated rings. The van der Waals surface area contributed by atoms with E-state index in [0.29, 0.717) is 17.0 Å². The summed E-state index contributed by atoms with van der Waals surface area (Å²) in [5.74, 6) is -1.68. The maximum atomic E-state index is 13.8. The lowest BCUT2D eigenvalue weighted by Crippen LogP contribution is -2.52. The third kappa shape index (κ3) is 7.58. The molecule has 0 heterocycles. The molecule has 0 saturated carbocycles. The number of carbonyl (C=O) groups is 2. The van der Waals surface area contributed by atoms with Crippen LogP contribution < -0.4 is 9.62 Å². The molecule has 2 aromatic carbocycles. The minimum Gasteiger partial charge on any atom is -0.352 e. The normalized spacial score (nSPS) is 13.1. The minimum atomic E-state index is -3.94. The second-order valence-corrected chi connectivity index (χ2v) is 10.7. The van der Waals surface area contributed by atoms with Crippen LogP contribution in [0.5, 0.6) is 0 Å². The van der Waals surface area contributed by atoms with Crippen LogP contribution >= 0.6 is 23.2 Å². The highest BCUT2D eigenvalue weighted by Crippen LogP contribution is 2.24. The lowest BCUT2D eigenvalue weighted by molar-refractivity contribution is -0.139. The van der Waals surface area contributed by atoms with E-state index in [0.717, 1.165) is 16.6 Å². The highest BCUT2D eigenvalue weighted by molar-refractivity contribution is 7.92. The summed E-state index contributed by atoms with van der Waals surface area (Å²) in [5.41, 5.74) is 0.602. The van der Waals surface area contributed by atoms with Crippen molar-refractivity contribution in [2.45, 2.75) is 45.8 Å². The Bertz CT molecular complexity index is 1150. The van der Waals surface area contributed by atoms with Gasteiger partial charge in [-0.15, -0.1) is 0 Å². The fourth-order valence-electron chi connectivity index (χ4n) is 3.13. The molecular formula is C23H28Cl2FN3O4S. The van der Waals surface area contributed by atoms with Crippen LogP contribution in [0.2, 0.25) is 10.0 Å². The Labute approximate surface area is 209 Å². The Hall–Kier alpha value is -2.36. The molecule has 2 amide bonds. The zero-order valence-corrected chi connectivity index (χ0v) is 21.7. The number of anilines is 1. The van der Waals surface area contributed by atoms with Crippen molar-refractivity contribution in [2.75, 3.05) is 17.1 Å². The molecule has 2 unspecified atom stereocenters. The summed E-state index contributed by atoms with van der Waals surface area (Å²) in [5, 5.41) is 3.44. The van der Waals surface area contributed by atoms with Crippen molar-refractivity contribution in [3.63, 3.8) is 0 Å². The van der Waals surface area contributed by atoms with Gasteiger partial charge in [0.2, 0.25) is 21.8 Å². The molecule has 0 bridgehead atoms. The first kappa shape index (κ1) is 27.9. The molecule has 0 radical (unpaired) electrons. The van der Waals surface area contributed by atoms with Gasteiger partial charge in [0.05, 0.1) is 22.0 Å². The van der Waals surface area contributed by atoms with Crippen LogP contribution in [0.15, 0.2) is 42.5 Å². The van der Waals surface area contributed by atoms with Gasteiger partial charge in [-0.1, -0.05) is 42.3 Å². The van der Waals surface area contributed by atoms with Gasteiger partial charge in [-0.2, -0.15) is 0 Å². The number of sulfonamides is 1. The molecule has 11 heteroatoms. The van der Waals surface area contributed by atoms with E-state index in [-0.39, 0.29) is 29.2 Å². The molecule has 0 aliphatic carbocycles. The van der Waals surface area contributed by atoms with Crippen LogP contribution in [0, 0.1) is 5.82 Å². The van der Waals surface area contributed by atoms with Crippen molar-refractivity contribution in [2.24, 2.45) is 0 Å². The molecule has 2 atom stereocenters. The average Bonchev–Trinajstić information content (AvgIpc) is 2.76. The maximum absolute atomic E-state index is 13.8. The fraction of sp³-hybridized carbons (Fsp3) is 0.391. The van der Waals surface area contributed by atoms with Gasteiger partial charge in [0, 0.05) is 12.6 Å². The van der Waals surface area contributed by atoms with E-state index in [1.807, 2.05) is 13.8 Å². The number of benzene rings is 2. The van der Waals surface area contributed by atoms with E-state index in [4.69, 9.17) is 23.2 Å². The minimum absolute atomic E-state index is 0.00190. The number of halogens is 3. The Morgan fingerprint density at radius 1 is 1.09 bits per heavy atom. The number of carbonyl (C=O) groups excluding carboxylic acids is 2. The molecular weight excluding hydrogens is 504 g/mol. The second-order valence-electron chi connectivity index (χ2n) is 8.01.